The van der Waals surface area contributed by atoms with Crippen LogP contribution in [-0.4, -0.2) is 22.4 Å². The van der Waals surface area contributed by atoms with E-state index in [1.54, 1.807) is 0 Å². The van der Waals surface area contributed by atoms with Gasteiger partial charge in [0.1, 0.15) is 6.54 Å². The maximum Gasteiger partial charge on any atom is 0.435 e. The number of carbonyl (C=O) groups excluding carboxylic acids is 1. The van der Waals surface area contributed by atoms with Crippen molar-refractivity contribution in [3.05, 3.63) is 29.9 Å². The Bertz CT molecular complexity index is 504. The quantitative estimate of drug-likeness (QED) is 0.620. The number of esters is 1. The molecular formula is C10H8F6N2O2. The molecule has 0 bridgehead atoms. The van der Waals surface area contributed by atoms with E-state index >= 15 is 0 Å². The van der Waals surface area contributed by atoms with Crippen molar-refractivity contribution in [3.8, 4) is 0 Å². The molecular weight excluding hydrogens is 294 g/mol. The normalized spacial score (nSPS) is 11.3. The first-order valence-corrected chi connectivity index (χ1v) is 5.16. The van der Waals surface area contributed by atoms with E-state index in [9.17, 15) is 31.1 Å². The third kappa shape index (κ3) is 4.94. The van der Waals surface area contributed by atoms with Crippen molar-refractivity contribution >= 4 is 5.97 Å². The molecule has 0 saturated heterocycles. The number of aromatic nitrogens is 2. The number of nitrogens with zero attached hydrogens (tertiary/aromatic N) is 2. The lowest BCUT2D eigenvalue weighted by atomic mass is 10.4. The predicted molar refractivity (Wildman–Crippen MR) is 53.2 cm³/mol. The zero-order valence-electron chi connectivity index (χ0n) is 9.75. The van der Waals surface area contributed by atoms with Gasteiger partial charge in [0.25, 0.3) is 0 Å². The van der Waals surface area contributed by atoms with Crippen LogP contribution in [0, 0.1) is 0 Å². The molecule has 0 aliphatic heterocycles. The molecule has 0 saturated carbocycles. The highest BCUT2D eigenvalue weighted by Crippen LogP contribution is 2.27. The Morgan fingerprint density at radius 1 is 1.30 bits per heavy atom. The van der Waals surface area contributed by atoms with Crippen molar-refractivity contribution in [2.75, 3.05) is 6.61 Å². The minimum Gasteiger partial charge on any atom is -0.464 e. The van der Waals surface area contributed by atoms with Gasteiger partial charge in [-0.3, -0.25) is 9.48 Å². The molecule has 0 aliphatic carbocycles. The minimum absolute atomic E-state index is 0.639. The zero-order valence-corrected chi connectivity index (χ0v) is 9.75. The summed E-state index contributed by atoms with van der Waals surface area (Å²) in [5.74, 6) is -2.73. The molecule has 0 N–H and O–H groups in total. The standard InChI is InChI=1S/C10H8F6N2O2/c11-6(9(12)13)2-4-20-8(19)5-18-3-1-7(17-18)10(14,15)16/h1,3H,2,4-5H2. The molecule has 10 heteroatoms. The van der Waals surface area contributed by atoms with Gasteiger partial charge in [0, 0.05) is 12.6 Å². The van der Waals surface area contributed by atoms with E-state index in [-0.39, 0.29) is 0 Å². The first-order valence-electron chi connectivity index (χ1n) is 5.16. The van der Waals surface area contributed by atoms with Gasteiger partial charge in [-0.15, -0.1) is 0 Å². The second-order valence-electron chi connectivity index (χ2n) is 3.53. The lowest BCUT2D eigenvalue weighted by Crippen LogP contribution is -2.16. The van der Waals surface area contributed by atoms with Crippen molar-refractivity contribution in [3.63, 3.8) is 0 Å². The van der Waals surface area contributed by atoms with Gasteiger partial charge < -0.3 is 4.74 Å². The summed E-state index contributed by atoms with van der Waals surface area (Å²) in [4.78, 5) is 11.1. The van der Waals surface area contributed by atoms with E-state index in [1.807, 2.05) is 0 Å². The number of carbonyl (C=O) groups is 1. The fraction of sp³-hybridized carbons (Fsp3) is 0.400. The Morgan fingerprint density at radius 3 is 2.45 bits per heavy atom. The molecule has 4 nitrogen and oxygen atoms in total. The second kappa shape index (κ2) is 6.44. The summed E-state index contributed by atoms with van der Waals surface area (Å²) in [6.07, 6.45) is -7.04. The molecule has 0 spiro atoms. The molecule has 1 heterocycles. The number of rotatable bonds is 5. The van der Waals surface area contributed by atoms with Crippen LogP contribution in [0.1, 0.15) is 12.1 Å². The first kappa shape index (κ1) is 16.1. The average molecular weight is 302 g/mol. The number of hydrogen-bond donors (Lipinski definition) is 0. The largest absolute Gasteiger partial charge is 0.464 e. The van der Waals surface area contributed by atoms with E-state index in [2.05, 4.69) is 9.84 Å². The van der Waals surface area contributed by atoms with Crippen LogP contribution in [0.15, 0.2) is 24.2 Å². The highest BCUT2D eigenvalue weighted by Gasteiger charge is 2.33. The van der Waals surface area contributed by atoms with Crippen LogP contribution in [-0.2, 0) is 22.3 Å². The number of hydrogen-bond acceptors (Lipinski definition) is 3. The van der Waals surface area contributed by atoms with Crippen molar-refractivity contribution < 1.29 is 35.9 Å². The van der Waals surface area contributed by atoms with Crippen LogP contribution in [0.25, 0.3) is 0 Å². The number of ether oxygens (including phenoxy) is 1. The molecule has 0 atom stereocenters. The maximum absolute atomic E-state index is 12.3. The summed E-state index contributed by atoms with van der Waals surface area (Å²) < 4.78 is 77.3. The Balaban J connectivity index is 2.44. The Hall–Kier alpha value is -2.00. The summed E-state index contributed by atoms with van der Waals surface area (Å²) in [6, 6.07) is 0.661. The van der Waals surface area contributed by atoms with Crippen LogP contribution < -0.4 is 0 Å². The SMILES string of the molecule is O=C(Cn1ccc(C(F)(F)F)n1)OCCC(F)=C(F)F. The molecule has 1 rings (SSSR count). The molecule has 20 heavy (non-hydrogen) atoms. The molecule has 1 aromatic rings. The molecule has 0 aliphatic rings. The first-order chi connectivity index (χ1) is 9.20. The van der Waals surface area contributed by atoms with Crippen LogP contribution >= 0.6 is 0 Å². The summed E-state index contributed by atoms with van der Waals surface area (Å²) in [5.41, 5.74) is -1.18. The summed E-state index contributed by atoms with van der Waals surface area (Å²) in [6.45, 7) is -1.28. The average Bonchev–Trinajstić information content (AvgIpc) is 2.76. The van der Waals surface area contributed by atoms with Crippen LogP contribution in [0.5, 0.6) is 0 Å². The summed E-state index contributed by atoms with van der Waals surface area (Å²) in [7, 11) is 0. The van der Waals surface area contributed by atoms with E-state index in [1.165, 1.54) is 0 Å². The van der Waals surface area contributed by atoms with Crippen molar-refractivity contribution in [1.82, 2.24) is 9.78 Å². The van der Waals surface area contributed by atoms with Crippen LogP contribution in [0.4, 0.5) is 26.3 Å². The third-order valence-electron chi connectivity index (χ3n) is 2.01. The molecule has 1 aromatic heterocycles. The van der Waals surface area contributed by atoms with E-state index in [4.69, 9.17) is 0 Å². The minimum atomic E-state index is -4.64. The van der Waals surface area contributed by atoms with Gasteiger partial charge in [-0.05, 0) is 6.07 Å². The molecule has 112 valence electrons. The molecule has 0 radical (unpaired) electrons. The Kier molecular flexibility index (Phi) is 5.17. The lowest BCUT2D eigenvalue weighted by Gasteiger charge is -2.04. The number of alkyl halides is 3. The smallest absolute Gasteiger partial charge is 0.435 e. The zero-order chi connectivity index (χ0) is 15.3. The summed E-state index contributed by atoms with van der Waals surface area (Å²) in [5, 5.41) is 3.08. The Morgan fingerprint density at radius 2 is 1.95 bits per heavy atom. The van der Waals surface area contributed by atoms with Gasteiger partial charge in [0.05, 0.1) is 6.61 Å². The molecule has 0 fully saturated rings. The molecule has 0 aromatic carbocycles. The fourth-order valence-corrected chi connectivity index (χ4v) is 1.13. The van der Waals surface area contributed by atoms with Crippen molar-refractivity contribution in [1.29, 1.82) is 0 Å². The van der Waals surface area contributed by atoms with Gasteiger partial charge >= 0.3 is 18.2 Å². The van der Waals surface area contributed by atoms with E-state index in [0.717, 1.165) is 6.20 Å². The second-order valence-corrected chi connectivity index (χ2v) is 3.53. The van der Waals surface area contributed by atoms with E-state index in [0.29, 0.717) is 10.7 Å². The van der Waals surface area contributed by atoms with E-state index < -0.39 is 49.3 Å². The molecule has 0 unspecified atom stereocenters. The van der Waals surface area contributed by atoms with Gasteiger partial charge in [0.2, 0.25) is 0 Å². The van der Waals surface area contributed by atoms with Crippen LogP contribution in [0.3, 0.4) is 0 Å². The number of halogens is 6. The van der Waals surface area contributed by atoms with Crippen molar-refractivity contribution in [2.24, 2.45) is 0 Å². The third-order valence-corrected chi connectivity index (χ3v) is 2.01. The van der Waals surface area contributed by atoms with Gasteiger partial charge in [0.15, 0.2) is 11.5 Å². The van der Waals surface area contributed by atoms with Gasteiger partial charge in [-0.2, -0.15) is 27.1 Å². The van der Waals surface area contributed by atoms with Gasteiger partial charge in [-0.25, -0.2) is 4.39 Å². The predicted octanol–water partition coefficient (Wildman–Crippen LogP) is 2.91. The lowest BCUT2D eigenvalue weighted by molar-refractivity contribution is -0.146. The topological polar surface area (TPSA) is 44.1 Å². The monoisotopic (exact) mass is 302 g/mol. The highest BCUT2D eigenvalue weighted by atomic mass is 19.4. The maximum atomic E-state index is 12.3. The van der Waals surface area contributed by atoms with Gasteiger partial charge in [-0.1, -0.05) is 0 Å². The van der Waals surface area contributed by atoms with Crippen LogP contribution in [0.2, 0.25) is 0 Å². The highest BCUT2D eigenvalue weighted by molar-refractivity contribution is 5.69. The molecule has 0 amide bonds. The fourth-order valence-electron chi connectivity index (χ4n) is 1.13. The van der Waals surface area contributed by atoms with Crippen molar-refractivity contribution in [2.45, 2.75) is 19.1 Å². The summed E-state index contributed by atoms with van der Waals surface area (Å²) >= 11 is 0. The Labute approximate surface area is 108 Å².